The molecule has 0 amide bonds. The van der Waals surface area contributed by atoms with E-state index in [1.807, 2.05) is 36.5 Å². The van der Waals surface area contributed by atoms with E-state index in [4.69, 9.17) is 4.74 Å². The predicted octanol–water partition coefficient (Wildman–Crippen LogP) is 2.84. The Labute approximate surface area is 120 Å². The first-order chi connectivity index (χ1) is 8.88. The summed E-state index contributed by atoms with van der Waals surface area (Å²) in [5.74, 6) is 0.903. The fourth-order valence-corrected chi connectivity index (χ4v) is 1.74. The molecule has 0 aliphatic carbocycles. The summed E-state index contributed by atoms with van der Waals surface area (Å²) in [6.45, 7) is 1.76. The molecule has 1 N–H and O–H groups in total. The summed E-state index contributed by atoms with van der Waals surface area (Å²) in [7, 11) is 1.68. The number of nitrogens with one attached hydrogen (secondary N) is 1. The van der Waals surface area contributed by atoms with Gasteiger partial charge in [0.2, 0.25) is 0 Å². The molecule has 0 fully saturated rings. The van der Waals surface area contributed by atoms with Crippen molar-refractivity contribution < 1.29 is 4.74 Å². The first kappa shape index (κ1) is 15.5. The second kappa shape index (κ2) is 8.51. The van der Waals surface area contributed by atoms with E-state index in [1.54, 1.807) is 7.11 Å². The third kappa shape index (κ3) is 5.28. The molecule has 0 aliphatic rings. The van der Waals surface area contributed by atoms with E-state index in [1.165, 1.54) is 5.56 Å². The maximum Gasteiger partial charge on any atom is 0.118 e. The van der Waals surface area contributed by atoms with Crippen LogP contribution in [-0.2, 0) is 13.0 Å². The van der Waals surface area contributed by atoms with E-state index < -0.39 is 0 Å². The van der Waals surface area contributed by atoms with Crippen LogP contribution in [0, 0.1) is 0 Å². The largest absolute Gasteiger partial charge is 0.497 e. The quantitative estimate of drug-likeness (QED) is 0.825. The zero-order valence-corrected chi connectivity index (χ0v) is 11.8. The van der Waals surface area contributed by atoms with E-state index in [2.05, 4.69) is 22.4 Å². The highest BCUT2D eigenvalue weighted by Crippen LogP contribution is 2.11. The molecule has 0 bridgehead atoms. The average Bonchev–Trinajstić information content (AvgIpc) is 2.45. The van der Waals surface area contributed by atoms with E-state index in [9.17, 15) is 0 Å². The maximum absolute atomic E-state index is 5.13. The van der Waals surface area contributed by atoms with Gasteiger partial charge in [0.05, 0.1) is 12.8 Å². The van der Waals surface area contributed by atoms with E-state index in [0.29, 0.717) is 0 Å². The number of halogens is 1. The van der Waals surface area contributed by atoms with Gasteiger partial charge in [-0.1, -0.05) is 18.2 Å². The van der Waals surface area contributed by atoms with Crippen molar-refractivity contribution in [1.29, 1.82) is 0 Å². The molecule has 0 saturated carbocycles. The van der Waals surface area contributed by atoms with Crippen molar-refractivity contribution in [2.24, 2.45) is 0 Å². The first-order valence-corrected chi connectivity index (χ1v) is 6.12. The van der Waals surface area contributed by atoms with E-state index in [-0.39, 0.29) is 12.4 Å². The lowest BCUT2D eigenvalue weighted by Crippen LogP contribution is -2.17. The Balaban J connectivity index is 0.00000180. The van der Waals surface area contributed by atoms with Crippen molar-refractivity contribution in [3.63, 3.8) is 0 Å². The van der Waals surface area contributed by atoms with Gasteiger partial charge < -0.3 is 10.1 Å². The van der Waals surface area contributed by atoms with Gasteiger partial charge >= 0.3 is 0 Å². The van der Waals surface area contributed by atoms with Gasteiger partial charge in [0.15, 0.2) is 0 Å². The summed E-state index contributed by atoms with van der Waals surface area (Å²) in [5, 5.41) is 3.39. The van der Waals surface area contributed by atoms with Gasteiger partial charge in [-0.2, -0.15) is 0 Å². The van der Waals surface area contributed by atoms with Gasteiger partial charge in [0.25, 0.3) is 0 Å². The molecule has 4 heteroatoms. The molecule has 2 aromatic rings. The zero-order valence-electron chi connectivity index (χ0n) is 11.0. The van der Waals surface area contributed by atoms with Gasteiger partial charge in [0.1, 0.15) is 5.75 Å². The van der Waals surface area contributed by atoms with Crippen molar-refractivity contribution in [2.45, 2.75) is 13.0 Å². The number of rotatable bonds is 6. The lowest BCUT2D eigenvalue weighted by atomic mass is 10.1. The number of benzene rings is 1. The summed E-state index contributed by atoms with van der Waals surface area (Å²) < 4.78 is 5.13. The molecule has 1 heterocycles. The number of nitrogens with zero attached hydrogens (tertiary/aromatic N) is 1. The molecule has 0 spiro atoms. The molecule has 102 valence electrons. The van der Waals surface area contributed by atoms with Gasteiger partial charge in [0, 0.05) is 12.7 Å². The molecule has 0 aliphatic heterocycles. The summed E-state index contributed by atoms with van der Waals surface area (Å²) in [6, 6.07) is 14.2. The van der Waals surface area contributed by atoms with Crippen LogP contribution in [0.1, 0.15) is 11.3 Å². The number of hydrogen-bond donors (Lipinski definition) is 1. The van der Waals surface area contributed by atoms with Gasteiger partial charge in [-0.3, -0.25) is 4.98 Å². The fraction of sp³-hybridized carbons (Fsp3) is 0.267. The second-order valence-corrected chi connectivity index (χ2v) is 4.10. The van der Waals surface area contributed by atoms with Crippen LogP contribution >= 0.6 is 12.4 Å². The Kier molecular flexibility index (Phi) is 6.93. The molecule has 1 aromatic carbocycles. The average molecular weight is 279 g/mol. The molecule has 2 rings (SSSR count). The monoisotopic (exact) mass is 278 g/mol. The van der Waals surface area contributed by atoms with Gasteiger partial charge in [-0.25, -0.2) is 0 Å². The van der Waals surface area contributed by atoms with Crippen molar-refractivity contribution in [3.8, 4) is 5.75 Å². The highest BCUT2D eigenvalue weighted by molar-refractivity contribution is 5.85. The minimum absolute atomic E-state index is 0. The lowest BCUT2D eigenvalue weighted by molar-refractivity contribution is 0.414. The lowest BCUT2D eigenvalue weighted by Gasteiger charge is -2.05. The maximum atomic E-state index is 5.13. The SMILES string of the molecule is COc1ccc(CCNCc2ccccn2)cc1.Cl. The number of ether oxygens (including phenoxy) is 1. The number of pyridine rings is 1. The van der Waals surface area contributed by atoms with Gasteiger partial charge in [-0.05, 0) is 42.8 Å². The smallest absolute Gasteiger partial charge is 0.118 e. The minimum atomic E-state index is 0. The summed E-state index contributed by atoms with van der Waals surface area (Å²) in [5.41, 5.74) is 2.39. The normalized spacial score (nSPS) is 9.74. The highest BCUT2D eigenvalue weighted by atomic mass is 35.5. The molecular formula is C15H19ClN2O. The minimum Gasteiger partial charge on any atom is -0.497 e. The Morgan fingerprint density at radius 1 is 1.11 bits per heavy atom. The molecule has 1 aromatic heterocycles. The Morgan fingerprint density at radius 2 is 1.89 bits per heavy atom. The van der Waals surface area contributed by atoms with Crippen molar-refractivity contribution in [1.82, 2.24) is 10.3 Å². The summed E-state index contributed by atoms with van der Waals surface area (Å²) in [4.78, 5) is 4.27. The summed E-state index contributed by atoms with van der Waals surface area (Å²) in [6.07, 6.45) is 2.83. The van der Waals surface area contributed by atoms with Crippen LogP contribution in [-0.4, -0.2) is 18.6 Å². The van der Waals surface area contributed by atoms with Crippen molar-refractivity contribution >= 4 is 12.4 Å². The topological polar surface area (TPSA) is 34.1 Å². The number of aromatic nitrogens is 1. The van der Waals surface area contributed by atoms with Crippen molar-refractivity contribution in [2.75, 3.05) is 13.7 Å². The summed E-state index contributed by atoms with van der Waals surface area (Å²) >= 11 is 0. The van der Waals surface area contributed by atoms with E-state index >= 15 is 0 Å². The third-order valence-corrected chi connectivity index (χ3v) is 2.78. The van der Waals surface area contributed by atoms with Crippen LogP contribution in [0.15, 0.2) is 48.7 Å². The number of methoxy groups -OCH3 is 1. The Bertz CT molecular complexity index is 459. The van der Waals surface area contributed by atoms with Crippen LogP contribution in [0.5, 0.6) is 5.75 Å². The van der Waals surface area contributed by atoms with Crippen LogP contribution < -0.4 is 10.1 Å². The molecule has 0 radical (unpaired) electrons. The van der Waals surface area contributed by atoms with Gasteiger partial charge in [-0.15, -0.1) is 12.4 Å². The second-order valence-electron chi connectivity index (χ2n) is 4.10. The van der Waals surface area contributed by atoms with Crippen LogP contribution in [0.25, 0.3) is 0 Å². The molecule has 3 nitrogen and oxygen atoms in total. The standard InChI is InChI=1S/C15H18N2O.ClH/c1-18-15-7-5-13(6-8-15)9-11-16-12-14-4-2-3-10-17-14;/h2-8,10,16H,9,11-12H2,1H3;1H. The highest BCUT2D eigenvalue weighted by Gasteiger charge is 1.95. The van der Waals surface area contributed by atoms with Crippen LogP contribution in [0.4, 0.5) is 0 Å². The molecule has 19 heavy (non-hydrogen) atoms. The molecular weight excluding hydrogens is 260 g/mol. The fourth-order valence-electron chi connectivity index (χ4n) is 1.74. The zero-order chi connectivity index (χ0) is 12.6. The third-order valence-electron chi connectivity index (χ3n) is 2.78. The molecule has 0 atom stereocenters. The Morgan fingerprint density at radius 3 is 2.53 bits per heavy atom. The van der Waals surface area contributed by atoms with Crippen molar-refractivity contribution in [3.05, 3.63) is 59.9 Å². The Hall–Kier alpha value is -1.58. The first-order valence-electron chi connectivity index (χ1n) is 6.12. The van der Waals surface area contributed by atoms with Crippen LogP contribution in [0.2, 0.25) is 0 Å². The number of hydrogen-bond acceptors (Lipinski definition) is 3. The van der Waals surface area contributed by atoms with Crippen LogP contribution in [0.3, 0.4) is 0 Å². The predicted molar refractivity (Wildman–Crippen MR) is 79.9 cm³/mol. The van der Waals surface area contributed by atoms with E-state index in [0.717, 1.165) is 31.0 Å². The molecule has 0 saturated heterocycles. The molecule has 0 unspecified atom stereocenters.